The van der Waals surface area contributed by atoms with Crippen LogP contribution in [0.1, 0.15) is 41.2 Å². The fourth-order valence-electron chi connectivity index (χ4n) is 3.19. The predicted molar refractivity (Wildman–Crippen MR) is 85.4 cm³/mol. The Kier molecular flexibility index (Phi) is 2.88. The van der Waals surface area contributed by atoms with Crippen LogP contribution in [-0.4, -0.2) is 48.3 Å². The molecule has 25 heavy (non-hydrogen) atoms. The van der Waals surface area contributed by atoms with Gasteiger partial charge in [0.2, 0.25) is 11.9 Å². The number of aromatic nitrogens is 5. The van der Waals surface area contributed by atoms with Crippen LogP contribution in [0.25, 0.3) is 11.5 Å². The topological polar surface area (TPSA) is 88.3 Å². The number of likely N-dealkylation sites (tertiary alicyclic amines) is 1. The predicted octanol–water partition coefficient (Wildman–Crippen LogP) is 1.07. The Bertz CT molecular complexity index is 1060. The Balaban J connectivity index is 1.67. The second kappa shape index (κ2) is 5.01. The summed E-state index contributed by atoms with van der Waals surface area (Å²) >= 11 is 0. The van der Waals surface area contributed by atoms with E-state index in [1.807, 2.05) is 0 Å². The molecular weight excluding hydrogens is 327 g/mol. The number of nitrogens with zero attached hydrogens (tertiary/aromatic N) is 5. The Morgan fingerprint density at radius 1 is 1.28 bits per heavy atom. The van der Waals surface area contributed by atoms with Crippen molar-refractivity contribution >= 4 is 11.4 Å². The molecule has 4 heterocycles. The van der Waals surface area contributed by atoms with E-state index in [1.165, 1.54) is 23.0 Å². The van der Waals surface area contributed by atoms with Crippen molar-refractivity contribution in [1.82, 2.24) is 29.3 Å². The number of H-pyrrole nitrogens is 1. The van der Waals surface area contributed by atoms with E-state index in [0.717, 1.165) is 42.6 Å². The van der Waals surface area contributed by atoms with E-state index >= 15 is 0 Å². The number of rotatable bonds is 3. The largest absolute Gasteiger partial charge is 0.338 e. The first-order valence-corrected chi connectivity index (χ1v) is 8.28. The highest BCUT2D eigenvalue weighted by atomic mass is 19.1. The van der Waals surface area contributed by atoms with Crippen molar-refractivity contribution in [1.29, 1.82) is 0 Å². The van der Waals surface area contributed by atoms with Gasteiger partial charge >= 0.3 is 0 Å². The van der Waals surface area contributed by atoms with Gasteiger partial charge in [-0.2, -0.15) is 14.0 Å². The maximum absolute atomic E-state index is 13.8. The fourth-order valence-corrected chi connectivity index (χ4v) is 3.19. The van der Waals surface area contributed by atoms with Gasteiger partial charge in [0.15, 0.2) is 0 Å². The molecule has 5 rings (SSSR count). The smallest absolute Gasteiger partial charge is 0.276 e. The summed E-state index contributed by atoms with van der Waals surface area (Å²) in [4.78, 5) is 29.2. The van der Waals surface area contributed by atoms with Gasteiger partial charge in [-0.05, 0) is 31.4 Å². The van der Waals surface area contributed by atoms with Crippen molar-refractivity contribution in [2.45, 2.75) is 25.2 Å². The zero-order chi connectivity index (χ0) is 17.1. The molecule has 0 unspecified atom stereocenters. The molecule has 0 radical (unpaired) electrons. The summed E-state index contributed by atoms with van der Waals surface area (Å²) in [6, 6.07) is 2.56. The zero-order valence-corrected chi connectivity index (χ0v) is 13.3. The van der Waals surface area contributed by atoms with Crippen molar-refractivity contribution in [2.24, 2.45) is 0 Å². The van der Waals surface area contributed by atoms with Gasteiger partial charge in [0, 0.05) is 19.0 Å². The van der Waals surface area contributed by atoms with Crippen LogP contribution in [-0.2, 0) is 0 Å². The van der Waals surface area contributed by atoms with Crippen LogP contribution >= 0.6 is 0 Å². The molecule has 1 amide bonds. The molecule has 1 aliphatic heterocycles. The lowest BCUT2D eigenvalue weighted by molar-refractivity contribution is 0.0650. The molecule has 1 saturated carbocycles. The molecule has 128 valence electrons. The van der Waals surface area contributed by atoms with E-state index in [4.69, 9.17) is 0 Å². The summed E-state index contributed by atoms with van der Waals surface area (Å²) in [5.74, 6) is -0.357. The van der Waals surface area contributed by atoms with Crippen molar-refractivity contribution in [3.05, 3.63) is 45.9 Å². The molecule has 8 nitrogen and oxygen atoms in total. The van der Waals surface area contributed by atoms with Crippen LogP contribution in [0, 0.1) is 5.95 Å². The van der Waals surface area contributed by atoms with Gasteiger partial charge in [0.05, 0.1) is 17.5 Å². The minimum atomic E-state index is -0.626. The SMILES string of the molecule is O=C(c1cnn(-c2nn3c(F)ccc3c(=O)[nH]2)c1C1CC1)N1CCC1. The summed E-state index contributed by atoms with van der Waals surface area (Å²) < 4.78 is 16.3. The summed E-state index contributed by atoms with van der Waals surface area (Å²) in [6.45, 7) is 1.51. The van der Waals surface area contributed by atoms with Gasteiger partial charge in [-0.3, -0.25) is 14.6 Å². The van der Waals surface area contributed by atoms with Crippen LogP contribution in [0.15, 0.2) is 23.1 Å². The van der Waals surface area contributed by atoms with E-state index in [1.54, 1.807) is 4.90 Å². The Morgan fingerprint density at radius 3 is 2.76 bits per heavy atom. The first-order chi connectivity index (χ1) is 12.1. The minimum Gasteiger partial charge on any atom is -0.338 e. The normalized spacial score (nSPS) is 17.1. The Morgan fingerprint density at radius 2 is 2.08 bits per heavy atom. The molecule has 1 N–H and O–H groups in total. The third kappa shape index (κ3) is 2.11. The van der Waals surface area contributed by atoms with Crippen molar-refractivity contribution in [2.75, 3.05) is 13.1 Å². The van der Waals surface area contributed by atoms with E-state index in [2.05, 4.69) is 15.2 Å². The minimum absolute atomic E-state index is 0.0463. The van der Waals surface area contributed by atoms with E-state index < -0.39 is 11.5 Å². The van der Waals surface area contributed by atoms with Crippen molar-refractivity contribution in [3.8, 4) is 5.95 Å². The lowest BCUT2D eigenvalue weighted by Crippen LogP contribution is -2.42. The fraction of sp³-hybridized carbons (Fsp3) is 0.375. The molecule has 0 aromatic carbocycles. The van der Waals surface area contributed by atoms with E-state index in [9.17, 15) is 14.0 Å². The number of fused-ring (bicyclic) bond motifs is 1. The van der Waals surface area contributed by atoms with Gasteiger partial charge in [-0.25, -0.2) is 4.68 Å². The number of carbonyl (C=O) groups is 1. The van der Waals surface area contributed by atoms with E-state index in [-0.39, 0.29) is 23.3 Å². The maximum Gasteiger partial charge on any atom is 0.276 e. The number of hydrogen-bond acceptors (Lipinski definition) is 4. The summed E-state index contributed by atoms with van der Waals surface area (Å²) in [7, 11) is 0. The van der Waals surface area contributed by atoms with Crippen LogP contribution in [0.3, 0.4) is 0 Å². The number of halogens is 1. The van der Waals surface area contributed by atoms with Gasteiger partial charge in [0.25, 0.3) is 11.5 Å². The van der Waals surface area contributed by atoms with Gasteiger partial charge < -0.3 is 4.90 Å². The van der Waals surface area contributed by atoms with Crippen LogP contribution in [0.4, 0.5) is 4.39 Å². The highest BCUT2D eigenvalue weighted by Crippen LogP contribution is 2.42. The monoisotopic (exact) mass is 342 g/mol. The van der Waals surface area contributed by atoms with Crippen LogP contribution < -0.4 is 5.56 Å². The number of carbonyl (C=O) groups excluding carboxylic acids is 1. The van der Waals surface area contributed by atoms with Gasteiger partial charge in [-0.1, -0.05) is 0 Å². The first-order valence-electron chi connectivity index (χ1n) is 8.28. The van der Waals surface area contributed by atoms with Crippen LogP contribution in [0.5, 0.6) is 0 Å². The second-order valence-electron chi connectivity index (χ2n) is 6.51. The molecule has 0 spiro atoms. The van der Waals surface area contributed by atoms with Gasteiger partial charge in [0.1, 0.15) is 5.52 Å². The second-order valence-corrected chi connectivity index (χ2v) is 6.51. The highest BCUT2D eigenvalue weighted by Gasteiger charge is 2.35. The molecule has 1 saturated heterocycles. The number of hydrogen-bond donors (Lipinski definition) is 1. The van der Waals surface area contributed by atoms with E-state index in [0.29, 0.717) is 5.56 Å². The zero-order valence-electron chi connectivity index (χ0n) is 13.3. The number of amides is 1. The van der Waals surface area contributed by atoms with Gasteiger partial charge in [-0.15, -0.1) is 5.10 Å². The lowest BCUT2D eigenvalue weighted by Gasteiger charge is -2.30. The van der Waals surface area contributed by atoms with Crippen molar-refractivity contribution < 1.29 is 9.18 Å². The quantitative estimate of drug-likeness (QED) is 0.771. The molecule has 3 aromatic heterocycles. The van der Waals surface area contributed by atoms with Crippen LogP contribution in [0.2, 0.25) is 0 Å². The summed E-state index contributed by atoms with van der Waals surface area (Å²) in [6.07, 6.45) is 4.44. The average Bonchev–Trinajstić information content (AvgIpc) is 3.17. The summed E-state index contributed by atoms with van der Waals surface area (Å²) in [5.41, 5.74) is 0.949. The first kappa shape index (κ1) is 14.4. The molecule has 1 aliphatic carbocycles. The third-order valence-electron chi connectivity index (χ3n) is 4.81. The molecule has 0 bridgehead atoms. The average molecular weight is 342 g/mol. The Hall–Kier alpha value is -2.97. The molecular formula is C16H15FN6O2. The Labute approximate surface area is 140 Å². The third-order valence-corrected chi connectivity index (χ3v) is 4.81. The number of nitrogens with one attached hydrogen (secondary N) is 1. The maximum atomic E-state index is 13.8. The molecule has 9 heteroatoms. The number of aromatic amines is 1. The summed E-state index contributed by atoms with van der Waals surface area (Å²) in [5, 5.41) is 8.42. The molecule has 2 fully saturated rings. The molecule has 3 aromatic rings. The van der Waals surface area contributed by atoms with Crippen molar-refractivity contribution in [3.63, 3.8) is 0 Å². The standard InChI is InChI=1S/C16H15FN6O2/c17-12-5-4-11-14(24)19-16(20-22(11)12)23-13(9-2-3-9)10(8-18-23)15(25)21-6-1-7-21/h4-5,8-9H,1-3,6-7H2,(H,19,20,24). The molecule has 2 aliphatic rings. The lowest BCUT2D eigenvalue weighted by atomic mass is 10.1. The highest BCUT2D eigenvalue weighted by molar-refractivity contribution is 5.96. The molecule has 0 atom stereocenters.